The highest BCUT2D eigenvalue weighted by atomic mass is 35.5. The Morgan fingerprint density at radius 2 is 2.04 bits per heavy atom. The van der Waals surface area contributed by atoms with Crippen molar-refractivity contribution in [2.24, 2.45) is 0 Å². The van der Waals surface area contributed by atoms with Crippen LogP contribution in [-0.2, 0) is 4.79 Å². The van der Waals surface area contributed by atoms with Crippen LogP contribution in [0.15, 0.2) is 40.2 Å². The molecule has 0 bridgehead atoms. The molecule has 118 valence electrons. The van der Waals surface area contributed by atoms with Crippen LogP contribution in [0.2, 0.25) is 5.02 Å². The van der Waals surface area contributed by atoms with Crippen molar-refractivity contribution in [3.63, 3.8) is 0 Å². The lowest BCUT2D eigenvalue weighted by Crippen LogP contribution is -2.21. The molecule has 0 aliphatic heterocycles. The number of H-pyrrole nitrogens is 1. The molecule has 0 aliphatic carbocycles. The first-order chi connectivity index (χ1) is 11.0. The van der Waals surface area contributed by atoms with Gasteiger partial charge in [0.2, 0.25) is 0 Å². The number of ketones is 1. The molecule has 1 atom stereocenters. The van der Waals surface area contributed by atoms with Gasteiger partial charge in [-0.15, -0.1) is 11.3 Å². The van der Waals surface area contributed by atoms with Crippen molar-refractivity contribution >= 4 is 57.5 Å². The van der Waals surface area contributed by atoms with Crippen LogP contribution < -0.4 is 0 Å². The van der Waals surface area contributed by atoms with Gasteiger partial charge in [-0.25, -0.2) is 4.98 Å². The third kappa shape index (κ3) is 3.74. The number of rotatable bonds is 6. The molecular weight excluding hydrogens is 356 g/mol. The number of nitrogens with one attached hydrogen (secondary N) is 1. The van der Waals surface area contributed by atoms with Gasteiger partial charge in [0.1, 0.15) is 5.52 Å². The number of halogens is 1. The van der Waals surface area contributed by atoms with E-state index in [-0.39, 0.29) is 12.2 Å². The maximum atomic E-state index is 12.6. The third-order valence-electron chi connectivity index (χ3n) is 3.14. The molecule has 0 fully saturated rings. The first-order valence-corrected chi connectivity index (χ1v) is 8.83. The summed E-state index contributed by atoms with van der Waals surface area (Å²) in [5.41, 5.74) is 2.12. The van der Waals surface area contributed by atoms with Crippen LogP contribution in [0.3, 0.4) is 0 Å². The fourth-order valence-electron chi connectivity index (χ4n) is 2.06. The number of fused-ring (bicyclic) bond motifs is 1. The minimum atomic E-state index is -1.03. The van der Waals surface area contributed by atoms with Crippen LogP contribution in [-0.4, -0.2) is 32.1 Å². The number of aromatic amines is 1. The molecule has 1 unspecified atom stereocenters. The maximum absolute atomic E-state index is 12.6. The number of thiophene rings is 1. The smallest absolute Gasteiger partial charge is 0.304 e. The van der Waals surface area contributed by atoms with E-state index in [1.54, 1.807) is 24.3 Å². The van der Waals surface area contributed by atoms with Gasteiger partial charge in [-0.05, 0) is 24.3 Å². The largest absolute Gasteiger partial charge is 0.481 e. The molecule has 0 radical (unpaired) electrons. The summed E-state index contributed by atoms with van der Waals surface area (Å²) in [7, 11) is 0. The Morgan fingerprint density at radius 3 is 2.70 bits per heavy atom. The molecule has 3 rings (SSSR count). The monoisotopic (exact) mass is 366 g/mol. The molecule has 2 heterocycles. The normalized spacial score (nSPS) is 12.4. The summed E-state index contributed by atoms with van der Waals surface area (Å²) < 4.78 is 0. The predicted molar refractivity (Wildman–Crippen MR) is 91.7 cm³/mol. The molecule has 2 aromatic heterocycles. The van der Waals surface area contributed by atoms with Crippen LogP contribution in [0.4, 0.5) is 0 Å². The zero-order chi connectivity index (χ0) is 16.4. The summed E-state index contributed by atoms with van der Waals surface area (Å²) in [5, 5.41) is 13.2. The van der Waals surface area contributed by atoms with Gasteiger partial charge in [-0.2, -0.15) is 0 Å². The van der Waals surface area contributed by atoms with E-state index >= 15 is 0 Å². The van der Waals surface area contributed by atoms with Crippen LogP contribution >= 0.6 is 34.7 Å². The van der Waals surface area contributed by atoms with E-state index in [2.05, 4.69) is 9.97 Å². The van der Waals surface area contributed by atoms with Crippen LogP contribution in [0, 0.1) is 0 Å². The number of aliphatic carboxylic acids is 1. The van der Waals surface area contributed by atoms with Gasteiger partial charge in [0, 0.05) is 21.3 Å². The summed E-state index contributed by atoms with van der Waals surface area (Å²) in [6.45, 7) is 0. The number of Topliss-reactive ketones (excluding diaryl/α,β-unsaturated/α-hetero) is 1. The van der Waals surface area contributed by atoms with Crippen LogP contribution in [0.1, 0.15) is 16.8 Å². The molecule has 2 N–H and O–H groups in total. The molecule has 0 saturated heterocycles. The van der Waals surface area contributed by atoms with Gasteiger partial charge >= 0.3 is 5.97 Å². The van der Waals surface area contributed by atoms with Gasteiger partial charge in [0.15, 0.2) is 10.9 Å². The zero-order valence-electron chi connectivity index (χ0n) is 11.7. The van der Waals surface area contributed by atoms with Crippen LogP contribution in [0.5, 0.6) is 0 Å². The molecule has 3 aromatic rings. The molecular formula is C15H11ClN2O3S2. The Balaban J connectivity index is 1.84. The lowest BCUT2D eigenvalue weighted by atomic mass is 10.1. The number of nitrogens with zero attached hydrogens (tertiary/aromatic N) is 1. The van der Waals surface area contributed by atoms with Gasteiger partial charge in [-0.3, -0.25) is 9.59 Å². The summed E-state index contributed by atoms with van der Waals surface area (Å²) in [6, 6.07) is 6.42. The van der Waals surface area contributed by atoms with E-state index in [1.807, 2.05) is 10.8 Å². The lowest BCUT2D eigenvalue weighted by molar-refractivity contribution is -0.136. The Morgan fingerprint density at radius 1 is 1.30 bits per heavy atom. The second kappa shape index (κ2) is 6.74. The number of carbonyl (C=O) groups excluding carboxylic acids is 1. The number of carboxylic acid groups (broad SMARTS) is 1. The first kappa shape index (κ1) is 16.0. The lowest BCUT2D eigenvalue weighted by Gasteiger charge is -2.12. The fraction of sp³-hybridized carbons (Fsp3) is 0.133. The third-order valence-corrected chi connectivity index (χ3v) is 5.21. The highest BCUT2D eigenvalue weighted by molar-refractivity contribution is 8.00. The van der Waals surface area contributed by atoms with Crippen molar-refractivity contribution < 1.29 is 14.7 Å². The molecule has 0 aliphatic rings. The summed E-state index contributed by atoms with van der Waals surface area (Å²) in [4.78, 5) is 31.1. The van der Waals surface area contributed by atoms with Crippen molar-refractivity contribution in [2.45, 2.75) is 16.8 Å². The van der Waals surface area contributed by atoms with E-state index < -0.39 is 11.2 Å². The van der Waals surface area contributed by atoms with Crippen molar-refractivity contribution in [3.05, 3.63) is 45.6 Å². The zero-order valence-corrected chi connectivity index (χ0v) is 14.0. The molecule has 8 heteroatoms. The molecule has 0 amide bonds. The minimum absolute atomic E-state index is 0.257. The first-order valence-electron chi connectivity index (χ1n) is 6.63. The molecule has 0 spiro atoms. The summed E-state index contributed by atoms with van der Waals surface area (Å²) >= 11 is 8.47. The quantitative estimate of drug-likeness (QED) is 0.507. The van der Waals surface area contributed by atoms with E-state index in [4.69, 9.17) is 16.7 Å². The van der Waals surface area contributed by atoms with Crippen LogP contribution in [0.25, 0.3) is 11.0 Å². The number of carboxylic acids is 1. The Kier molecular flexibility index (Phi) is 4.70. The molecule has 0 saturated carbocycles. The van der Waals surface area contributed by atoms with Gasteiger partial charge < -0.3 is 10.1 Å². The number of aromatic nitrogens is 2. The van der Waals surface area contributed by atoms with Crippen molar-refractivity contribution in [1.29, 1.82) is 0 Å². The Labute approximate surface area is 144 Å². The maximum Gasteiger partial charge on any atom is 0.304 e. The van der Waals surface area contributed by atoms with Gasteiger partial charge in [0.25, 0.3) is 0 Å². The highest BCUT2D eigenvalue weighted by Crippen LogP contribution is 2.29. The number of carbonyl (C=O) groups is 2. The summed E-state index contributed by atoms with van der Waals surface area (Å²) in [6.07, 6.45) is -0.278. The number of imidazole rings is 1. The second-order valence-corrected chi connectivity index (χ2v) is 7.16. The fourth-order valence-corrected chi connectivity index (χ4v) is 3.94. The van der Waals surface area contributed by atoms with E-state index in [1.165, 1.54) is 11.3 Å². The van der Waals surface area contributed by atoms with Crippen molar-refractivity contribution in [3.8, 4) is 0 Å². The standard InChI is InChI=1S/C15H11ClN2O3S2/c16-9-3-1-8(2-4-9)14(21)12(5-13(19)20)23-15-17-10-6-22-7-11(10)18-15/h1-4,6-7,12H,5H2,(H,17,18)(H,19,20). The van der Waals surface area contributed by atoms with E-state index in [9.17, 15) is 9.59 Å². The van der Waals surface area contributed by atoms with E-state index in [0.29, 0.717) is 15.7 Å². The molecule has 23 heavy (non-hydrogen) atoms. The van der Waals surface area contributed by atoms with Gasteiger partial charge in [0.05, 0.1) is 17.2 Å². The molecule has 1 aromatic carbocycles. The minimum Gasteiger partial charge on any atom is -0.481 e. The number of thioether (sulfide) groups is 1. The number of hydrogen-bond acceptors (Lipinski definition) is 5. The Bertz CT molecular complexity index is 829. The highest BCUT2D eigenvalue weighted by Gasteiger charge is 2.25. The summed E-state index contributed by atoms with van der Waals surface area (Å²) in [5.74, 6) is -1.29. The van der Waals surface area contributed by atoms with E-state index in [0.717, 1.165) is 22.8 Å². The average molecular weight is 367 g/mol. The number of hydrogen-bond donors (Lipinski definition) is 2. The van der Waals surface area contributed by atoms with Crippen molar-refractivity contribution in [1.82, 2.24) is 9.97 Å². The SMILES string of the molecule is O=C(O)CC(Sc1nc2cscc2[nH]1)C(=O)c1ccc(Cl)cc1. The van der Waals surface area contributed by atoms with Crippen molar-refractivity contribution in [2.75, 3.05) is 0 Å². The predicted octanol–water partition coefficient (Wildman–Crippen LogP) is 4.10. The average Bonchev–Trinajstić information content (AvgIpc) is 3.07. The topological polar surface area (TPSA) is 83.0 Å². The Hall–Kier alpha value is -1.83. The second-order valence-electron chi connectivity index (χ2n) is 4.79. The molecule has 5 nitrogen and oxygen atoms in total. The van der Waals surface area contributed by atoms with Gasteiger partial charge in [-0.1, -0.05) is 23.4 Å². The number of benzene rings is 1.